The third-order valence-electron chi connectivity index (χ3n) is 3.00. The zero-order valence-corrected chi connectivity index (χ0v) is 9.93. The summed E-state index contributed by atoms with van der Waals surface area (Å²) >= 11 is 5.76. The minimum Gasteiger partial charge on any atom is -0.326 e. The first-order valence-electron chi connectivity index (χ1n) is 5.61. The van der Waals surface area contributed by atoms with Gasteiger partial charge in [0.25, 0.3) is 0 Å². The largest absolute Gasteiger partial charge is 0.326 e. The molecular weight excluding hydrogens is 206 g/mol. The molecule has 1 aliphatic carbocycles. The van der Waals surface area contributed by atoms with Crippen molar-refractivity contribution in [3.63, 3.8) is 0 Å². The van der Waals surface area contributed by atoms with Crippen molar-refractivity contribution in [2.75, 3.05) is 5.88 Å². The highest BCUT2D eigenvalue weighted by Gasteiger charge is 2.26. The molecule has 15 heavy (non-hydrogen) atoms. The molecule has 0 spiro atoms. The number of benzene rings is 1. The normalized spacial score (nSPS) is 17.8. The van der Waals surface area contributed by atoms with E-state index in [0.717, 1.165) is 12.3 Å². The molecule has 1 atom stereocenters. The number of halogens is 1. The zero-order valence-electron chi connectivity index (χ0n) is 9.17. The average molecular weight is 224 g/mol. The van der Waals surface area contributed by atoms with Crippen molar-refractivity contribution < 1.29 is 0 Å². The second-order valence-electron chi connectivity index (χ2n) is 4.60. The van der Waals surface area contributed by atoms with Gasteiger partial charge in [0.05, 0.1) is 0 Å². The minimum absolute atomic E-state index is 0.0897. The van der Waals surface area contributed by atoms with Gasteiger partial charge in [0, 0.05) is 11.9 Å². The van der Waals surface area contributed by atoms with Gasteiger partial charge in [0.1, 0.15) is 0 Å². The molecule has 1 saturated carbocycles. The van der Waals surface area contributed by atoms with Crippen molar-refractivity contribution in [3.05, 3.63) is 34.9 Å². The van der Waals surface area contributed by atoms with E-state index in [1.807, 2.05) is 0 Å². The lowest BCUT2D eigenvalue weighted by Crippen LogP contribution is -2.25. The Balaban J connectivity index is 2.21. The Bertz CT molecular complexity index is 344. The molecule has 1 nitrogen and oxygen atoms in total. The molecule has 0 heterocycles. The van der Waals surface area contributed by atoms with E-state index in [-0.39, 0.29) is 6.04 Å². The third-order valence-corrected chi connectivity index (χ3v) is 3.40. The van der Waals surface area contributed by atoms with Crippen molar-refractivity contribution in [1.29, 1.82) is 0 Å². The van der Waals surface area contributed by atoms with E-state index in [4.69, 9.17) is 17.3 Å². The molecule has 1 unspecified atom stereocenters. The second kappa shape index (κ2) is 4.54. The van der Waals surface area contributed by atoms with Crippen LogP contribution in [0.15, 0.2) is 18.2 Å². The summed E-state index contributed by atoms with van der Waals surface area (Å²) in [6.07, 6.45) is 3.59. The molecule has 2 N–H and O–H groups in total. The Morgan fingerprint density at radius 1 is 1.47 bits per heavy atom. The monoisotopic (exact) mass is 223 g/mol. The number of nitrogens with two attached hydrogens (primary N) is 1. The molecule has 0 aromatic heterocycles. The van der Waals surface area contributed by atoms with E-state index in [2.05, 4.69) is 25.1 Å². The molecular formula is C13H18ClN. The van der Waals surface area contributed by atoms with E-state index in [1.54, 1.807) is 0 Å². The van der Waals surface area contributed by atoms with E-state index < -0.39 is 0 Å². The summed E-state index contributed by atoms with van der Waals surface area (Å²) in [6, 6.07) is 6.79. The third kappa shape index (κ3) is 2.73. The number of hydrogen-bond acceptors (Lipinski definition) is 1. The Morgan fingerprint density at radius 3 is 2.80 bits per heavy atom. The SMILES string of the molecule is Cc1ccc(CC(N)CCl)c(C2CC2)c1. The van der Waals surface area contributed by atoms with Crippen LogP contribution in [-0.4, -0.2) is 11.9 Å². The first-order valence-corrected chi connectivity index (χ1v) is 6.15. The summed E-state index contributed by atoms with van der Waals surface area (Å²) in [4.78, 5) is 0. The molecule has 2 rings (SSSR count). The van der Waals surface area contributed by atoms with Gasteiger partial charge in [-0.25, -0.2) is 0 Å². The number of hydrogen-bond donors (Lipinski definition) is 1. The molecule has 1 aromatic carbocycles. The topological polar surface area (TPSA) is 26.0 Å². The summed E-state index contributed by atoms with van der Waals surface area (Å²) < 4.78 is 0. The summed E-state index contributed by atoms with van der Waals surface area (Å²) in [6.45, 7) is 2.15. The van der Waals surface area contributed by atoms with E-state index in [1.165, 1.54) is 29.5 Å². The molecule has 1 aromatic rings. The Hall–Kier alpha value is -0.530. The van der Waals surface area contributed by atoms with Crippen LogP contribution in [-0.2, 0) is 6.42 Å². The van der Waals surface area contributed by atoms with Crippen LogP contribution in [0.3, 0.4) is 0 Å². The van der Waals surface area contributed by atoms with Crippen LogP contribution in [0.2, 0.25) is 0 Å². The van der Waals surface area contributed by atoms with Gasteiger partial charge in [-0.3, -0.25) is 0 Å². The highest BCUT2D eigenvalue weighted by molar-refractivity contribution is 6.18. The Labute approximate surface area is 96.6 Å². The van der Waals surface area contributed by atoms with E-state index in [9.17, 15) is 0 Å². The lowest BCUT2D eigenvalue weighted by Gasteiger charge is -2.13. The molecule has 1 aliphatic rings. The minimum atomic E-state index is 0.0897. The molecule has 0 saturated heterocycles. The predicted molar refractivity (Wildman–Crippen MR) is 65.6 cm³/mol. The van der Waals surface area contributed by atoms with Crippen LogP contribution in [0.1, 0.15) is 35.4 Å². The first-order chi connectivity index (χ1) is 7.20. The molecule has 0 bridgehead atoms. The first kappa shape index (κ1) is 11.0. The van der Waals surface area contributed by atoms with Gasteiger partial charge < -0.3 is 5.73 Å². The van der Waals surface area contributed by atoms with Crippen LogP contribution < -0.4 is 5.73 Å². The van der Waals surface area contributed by atoms with Crippen LogP contribution in [0.25, 0.3) is 0 Å². The molecule has 0 radical (unpaired) electrons. The highest BCUT2D eigenvalue weighted by Crippen LogP contribution is 2.42. The van der Waals surface area contributed by atoms with E-state index >= 15 is 0 Å². The molecule has 0 amide bonds. The fourth-order valence-electron chi connectivity index (χ4n) is 2.01. The highest BCUT2D eigenvalue weighted by atomic mass is 35.5. The number of rotatable bonds is 4. The standard InChI is InChI=1S/C13H18ClN/c1-9-2-3-11(7-12(15)8-14)13(6-9)10-4-5-10/h2-3,6,10,12H,4-5,7-8,15H2,1H3. The van der Waals surface area contributed by atoms with Crippen LogP contribution in [0.4, 0.5) is 0 Å². The lowest BCUT2D eigenvalue weighted by molar-refractivity contribution is 0.737. The number of aryl methyl sites for hydroxylation is 1. The van der Waals surface area contributed by atoms with Gasteiger partial charge >= 0.3 is 0 Å². The Kier molecular flexibility index (Phi) is 3.32. The predicted octanol–water partition coefficient (Wildman–Crippen LogP) is 2.98. The lowest BCUT2D eigenvalue weighted by atomic mass is 9.96. The Morgan fingerprint density at radius 2 is 2.20 bits per heavy atom. The number of alkyl halides is 1. The van der Waals surface area contributed by atoms with Gasteiger partial charge in [0.15, 0.2) is 0 Å². The summed E-state index contributed by atoms with van der Waals surface area (Å²) in [5, 5.41) is 0. The quantitative estimate of drug-likeness (QED) is 0.781. The van der Waals surface area contributed by atoms with Crippen LogP contribution in [0, 0.1) is 6.92 Å². The summed E-state index contributed by atoms with van der Waals surface area (Å²) in [5.74, 6) is 1.33. The van der Waals surface area contributed by atoms with Gasteiger partial charge in [-0.1, -0.05) is 23.8 Å². The van der Waals surface area contributed by atoms with Crippen molar-refractivity contribution in [2.45, 2.75) is 38.1 Å². The van der Waals surface area contributed by atoms with Gasteiger partial charge in [-0.05, 0) is 43.2 Å². The van der Waals surface area contributed by atoms with Crippen molar-refractivity contribution in [3.8, 4) is 0 Å². The summed E-state index contributed by atoms with van der Waals surface area (Å²) in [7, 11) is 0. The molecule has 82 valence electrons. The maximum Gasteiger partial charge on any atom is 0.0378 e. The van der Waals surface area contributed by atoms with Crippen molar-refractivity contribution in [2.24, 2.45) is 5.73 Å². The van der Waals surface area contributed by atoms with Crippen molar-refractivity contribution in [1.82, 2.24) is 0 Å². The van der Waals surface area contributed by atoms with Crippen LogP contribution in [0.5, 0.6) is 0 Å². The maximum atomic E-state index is 5.90. The van der Waals surface area contributed by atoms with Gasteiger partial charge in [-0.2, -0.15) is 0 Å². The average Bonchev–Trinajstić information content (AvgIpc) is 3.04. The second-order valence-corrected chi connectivity index (χ2v) is 4.90. The fourth-order valence-corrected chi connectivity index (χ4v) is 2.12. The van der Waals surface area contributed by atoms with Gasteiger partial charge in [-0.15, -0.1) is 11.6 Å². The zero-order chi connectivity index (χ0) is 10.8. The maximum absolute atomic E-state index is 5.90. The fraction of sp³-hybridized carbons (Fsp3) is 0.538. The van der Waals surface area contributed by atoms with E-state index in [0.29, 0.717) is 5.88 Å². The van der Waals surface area contributed by atoms with Crippen LogP contribution >= 0.6 is 11.6 Å². The van der Waals surface area contributed by atoms with Gasteiger partial charge in [0.2, 0.25) is 0 Å². The molecule has 1 fully saturated rings. The molecule has 2 heteroatoms. The van der Waals surface area contributed by atoms with Crippen molar-refractivity contribution >= 4 is 11.6 Å². The summed E-state index contributed by atoms with van der Waals surface area (Å²) in [5.41, 5.74) is 10.2. The smallest absolute Gasteiger partial charge is 0.0378 e. The molecule has 0 aliphatic heterocycles.